The van der Waals surface area contributed by atoms with Crippen LogP contribution in [0.25, 0.3) is 0 Å². The van der Waals surface area contributed by atoms with Gasteiger partial charge in [0.2, 0.25) is 5.91 Å². The minimum Gasteiger partial charge on any atom is -0.497 e. The maximum Gasteiger partial charge on any atom is 0.231 e. The van der Waals surface area contributed by atoms with E-state index in [9.17, 15) is 4.79 Å². The van der Waals surface area contributed by atoms with Crippen molar-refractivity contribution in [2.75, 3.05) is 25.7 Å². The Kier molecular flexibility index (Phi) is 4.00. The molecule has 0 saturated heterocycles. The van der Waals surface area contributed by atoms with E-state index in [1.54, 1.807) is 20.3 Å². The number of hydrogen-bond acceptors (Lipinski definition) is 3. The maximum atomic E-state index is 12.6. The van der Waals surface area contributed by atoms with Crippen molar-refractivity contribution in [2.45, 2.75) is 12.8 Å². The van der Waals surface area contributed by atoms with Crippen molar-refractivity contribution >= 4 is 11.6 Å². The number of para-hydroxylation sites is 1. The molecule has 0 saturated carbocycles. The van der Waals surface area contributed by atoms with E-state index in [4.69, 9.17) is 9.47 Å². The number of hydrogen-bond donors (Lipinski definition) is 0. The number of nitrogens with zero attached hydrogens (tertiary/aromatic N) is 1. The number of methoxy groups -OCH3 is 2. The molecule has 0 aromatic heterocycles. The number of ether oxygens (including phenoxy) is 2. The Morgan fingerprint density at radius 1 is 1.14 bits per heavy atom. The fourth-order valence-electron chi connectivity index (χ4n) is 2.85. The van der Waals surface area contributed by atoms with Crippen LogP contribution in [0.5, 0.6) is 11.5 Å². The first-order valence-corrected chi connectivity index (χ1v) is 7.32. The Hall–Kier alpha value is -2.49. The van der Waals surface area contributed by atoms with Crippen LogP contribution < -0.4 is 14.4 Å². The molecule has 0 fully saturated rings. The molecule has 0 spiro atoms. The van der Waals surface area contributed by atoms with Crippen molar-refractivity contribution < 1.29 is 14.3 Å². The van der Waals surface area contributed by atoms with Gasteiger partial charge in [0.15, 0.2) is 0 Å². The first-order chi connectivity index (χ1) is 10.7. The van der Waals surface area contributed by atoms with E-state index in [1.165, 1.54) is 5.56 Å². The maximum absolute atomic E-state index is 12.6. The van der Waals surface area contributed by atoms with Crippen molar-refractivity contribution in [3.05, 3.63) is 53.6 Å². The third-order valence-corrected chi connectivity index (χ3v) is 4.02. The molecule has 1 aliphatic heterocycles. The summed E-state index contributed by atoms with van der Waals surface area (Å²) in [5.41, 5.74) is 3.13. The second kappa shape index (κ2) is 6.10. The number of fused-ring (bicyclic) bond motifs is 1. The first kappa shape index (κ1) is 14.4. The molecule has 0 N–H and O–H groups in total. The minimum absolute atomic E-state index is 0.0911. The molecule has 114 valence electrons. The lowest BCUT2D eigenvalue weighted by molar-refractivity contribution is -0.117. The van der Waals surface area contributed by atoms with Gasteiger partial charge in [-0.3, -0.25) is 4.79 Å². The molecule has 1 aliphatic rings. The molecule has 2 aromatic carbocycles. The highest BCUT2D eigenvalue weighted by Crippen LogP contribution is 2.30. The largest absolute Gasteiger partial charge is 0.497 e. The van der Waals surface area contributed by atoms with E-state index in [0.29, 0.717) is 12.2 Å². The average Bonchev–Trinajstić information content (AvgIpc) is 2.99. The zero-order valence-electron chi connectivity index (χ0n) is 12.8. The van der Waals surface area contributed by atoms with Gasteiger partial charge in [0.1, 0.15) is 11.5 Å². The zero-order chi connectivity index (χ0) is 15.5. The Labute approximate surface area is 130 Å². The van der Waals surface area contributed by atoms with Crippen LogP contribution in [0, 0.1) is 0 Å². The predicted octanol–water partition coefficient (Wildman–Crippen LogP) is 2.84. The summed E-state index contributed by atoms with van der Waals surface area (Å²) in [5, 5.41) is 0. The van der Waals surface area contributed by atoms with Gasteiger partial charge < -0.3 is 14.4 Å². The van der Waals surface area contributed by atoms with Crippen LogP contribution in [-0.2, 0) is 17.6 Å². The lowest BCUT2D eigenvalue weighted by atomic mass is 10.1. The number of carbonyl (C=O) groups is 1. The van der Waals surface area contributed by atoms with Crippen LogP contribution in [0.15, 0.2) is 42.5 Å². The normalized spacial score (nSPS) is 12.9. The Bertz CT molecular complexity index is 696. The molecule has 0 unspecified atom stereocenters. The standard InChI is InChI=1S/C18H19NO3/c1-21-15-8-7-14(17(12-15)22-2)11-18(20)19-10-9-13-5-3-4-6-16(13)19/h3-8,12H,9-11H2,1-2H3. The van der Waals surface area contributed by atoms with Gasteiger partial charge in [-0.25, -0.2) is 0 Å². The third-order valence-electron chi connectivity index (χ3n) is 4.02. The third kappa shape index (κ3) is 2.64. The van der Waals surface area contributed by atoms with Gasteiger partial charge in [-0.1, -0.05) is 24.3 Å². The van der Waals surface area contributed by atoms with Crippen LogP contribution in [0.4, 0.5) is 5.69 Å². The summed E-state index contributed by atoms with van der Waals surface area (Å²) in [6.45, 7) is 0.747. The van der Waals surface area contributed by atoms with Gasteiger partial charge in [0.05, 0.1) is 20.6 Å². The lowest BCUT2D eigenvalue weighted by Gasteiger charge is -2.18. The molecular weight excluding hydrogens is 278 g/mol. The molecule has 0 atom stereocenters. The van der Waals surface area contributed by atoms with E-state index in [2.05, 4.69) is 6.07 Å². The smallest absolute Gasteiger partial charge is 0.231 e. The topological polar surface area (TPSA) is 38.8 Å². The first-order valence-electron chi connectivity index (χ1n) is 7.32. The van der Waals surface area contributed by atoms with E-state index in [0.717, 1.165) is 30.0 Å². The fourth-order valence-corrected chi connectivity index (χ4v) is 2.85. The van der Waals surface area contributed by atoms with Gasteiger partial charge in [0, 0.05) is 23.9 Å². The van der Waals surface area contributed by atoms with Crippen LogP contribution in [0.3, 0.4) is 0 Å². The number of benzene rings is 2. The van der Waals surface area contributed by atoms with Crippen LogP contribution in [0.2, 0.25) is 0 Å². The highest BCUT2D eigenvalue weighted by atomic mass is 16.5. The Morgan fingerprint density at radius 2 is 1.95 bits per heavy atom. The molecular formula is C18H19NO3. The summed E-state index contributed by atoms with van der Waals surface area (Å²) in [5.74, 6) is 1.49. The van der Waals surface area contributed by atoms with Gasteiger partial charge in [0.25, 0.3) is 0 Å². The summed E-state index contributed by atoms with van der Waals surface area (Å²) in [7, 11) is 3.22. The zero-order valence-corrected chi connectivity index (χ0v) is 12.8. The number of rotatable bonds is 4. The van der Waals surface area contributed by atoms with Gasteiger partial charge in [-0.05, 0) is 24.1 Å². The van der Waals surface area contributed by atoms with Crippen molar-refractivity contribution in [3.8, 4) is 11.5 Å². The van der Waals surface area contributed by atoms with E-state index < -0.39 is 0 Å². The number of carbonyl (C=O) groups excluding carboxylic acids is 1. The molecule has 4 nitrogen and oxygen atoms in total. The van der Waals surface area contributed by atoms with E-state index in [-0.39, 0.29) is 5.91 Å². The number of amides is 1. The molecule has 2 aromatic rings. The summed E-state index contributed by atoms with van der Waals surface area (Å²) in [6.07, 6.45) is 1.24. The number of anilines is 1. The van der Waals surface area contributed by atoms with Gasteiger partial charge in [-0.15, -0.1) is 0 Å². The monoisotopic (exact) mass is 297 g/mol. The molecule has 3 rings (SSSR count). The second-order valence-electron chi connectivity index (χ2n) is 5.28. The molecule has 4 heteroatoms. The quantitative estimate of drug-likeness (QED) is 0.871. The summed E-state index contributed by atoms with van der Waals surface area (Å²) < 4.78 is 10.6. The second-order valence-corrected chi connectivity index (χ2v) is 5.28. The van der Waals surface area contributed by atoms with Gasteiger partial charge in [-0.2, -0.15) is 0 Å². The van der Waals surface area contributed by atoms with Crippen LogP contribution in [0.1, 0.15) is 11.1 Å². The minimum atomic E-state index is 0.0911. The molecule has 0 aliphatic carbocycles. The van der Waals surface area contributed by atoms with E-state index in [1.807, 2.05) is 35.2 Å². The molecule has 1 heterocycles. The fraction of sp³-hybridized carbons (Fsp3) is 0.278. The van der Waals surface area contributed by atoms with Gasteiger partial charge >= 0.3 is 0 Å². The Morgan fingerprint density at radius 3 is 2.73 bits per heavy atom. The van der Waals surface area contributed by atoms with Crippen LogP contribution >= 0.6 is 0 Å². The molecule has 0 bridgehead atoms. The molecule has 1 amide bonds. The van der Waals surface area contributed by atoms with Crippen LogP contribution in [-0.4, -0.2) is 26.7 Å². The molecule has 22 heavy (non-hydrogen) atoms. The average molecular weight is 297 g/mol. The SMILES string of the molecule is COc1ccc(CC(=O)N2CCc3ccccc32)c(OC)c1. The summed E-state index contributed by atoms with van der Waals surface area (Å²) in [4.78, 5) is 14.5. The summed E-state index contributed by atoms with van der Waals surface area (Å²) in [6, 6.07) is 13.6. The molecule has 0 radical (unpaired) electrons. The van der Waals surface area contributed by atoms with Crippen molar-refractivity contribution in [1.82, 2.24) is 0 Å². The summed E-state index contributed by atoms with van der Waals surface area (Å²) >= 11 is 0. The van der Waals surface area contributed by atoms with Crippen molar-refractivity contribution in [1.29, 1.82) is 0 Å². The highest BCUT2D eigenvalue weighted by molar-refractivity contribution is 5.97. The lowest BCUT2D eigenvalue weighted by Crippen LogP contribution is -2.30. The highest BCUT2D eigenvalue weighted by Gasteiger charge is 2.24. The van der Waals surface area contributed by atoms with Crippen molar-refractivity contribution in [2.24, 2.45) is 0 Å². The van der Waals surface area contributed by atoms with Crippen molar-refractivity contribution in [3.63, 3.8) is 0 Å². The Balaban J connectivity index is 1.81. The van der Waals surface area contributed by atoms with E-state index >= 15 is 0 Å². The predicted molar refractivity (Wildman–Crippen MR) is 85.7 cm³/mol.